The number of fused-ring (bicyclic) bond motifs is 5. The van der Waals surface area contributed by atoms with Crippen LogP contribution in [0.15, 0.2) is 23.8 Å². The summed E-state index contributed by atoms with van der Waals surface area (Å²) in [6.45, 7) is 7.03. The summed E-state index contributed by atoms with van der Waals surface area (Å²) in [6.07, 6.45) is 3.20. The molecule has 3 unspecified atom stereocenters. The minimum Gasteiger partial charge on any atom is -0.458 e. The minimum absolute atomic E-state index is 0.0524. The highest BCUT2D eigenvalue weighted by atomic mass is 19.1. The number of ketones is 2. The van der Waals surface area contributed by atoms with Gasteiger partial charge < -0.3 is 9.84 Å². The third-order valence-electron chi connectivity index (χ3n) is 9.43. The Kier molecular flexibility index (Phi) is 6.41. The quantitative estimate of drug-likeness (QED) is 0.570. The summed E-state index contributed by atoms with van der Waals surface area (Å²) in [5.41, 5.74) is -4.21. The molecule has 0 aromatic carbocycles. The maximum Gasteiger partial charge on any atom is 0.306 e. The predicted molar refractivity (Wildman–Crippen MR) is 122 cm³/mol. The Morgan fingerprint density at radius 1 is 1.24 bits per heavy atom. The molecule has 3 fully saturated rings. The molecule has 7 heteroatoms. The highest BCUT2D eigenvalue weighted by molar-refractivity contribution is 6.01. The topological polar surface area (TPSA) is 80.7 Å². The second-order valence-corrected chi connectivity index (χ2v) is 11.4. The van der Waals surface area contributed by atoms with E-state index in [1.807, 2.05) is 20.8 Å². The molecular formula is C27H36F2O5. The fourth-order valence-electron chi connectivity index (χ4n) is 7.89. The van der Waals surface area contributed by atoms with E-state index in [1.165, 1.54) is 18.2 Å². The van der Waals surface area contributed by atoms with Gasteiger partial charge in [-0.1, -0.05) is 33.3 Å². The van der Waals surface area contributed by atoms with E-state index < -0.39 is 46.6 Å². The molecule has 3 saturated carbocycles. The third-order valence-corrected chi connectivity index (χ3v) is 9.43. The maximum atomic E-state index is 17.1. The van der Waals surface area contributed by atoms with Gasteiger partial charge in [0.1, 0.15) is 12.8 Å². The van der Waals surface area contributed by atoms with Crippen LogP contribution in [0.2, 0.25) is 0 Å². The number of esters is 1. The molecule has 0 aromatic heterocycles. The van der Waals surface area contributed by atoms with Crippen LogP contribution in [0.3, 0.4) is 0 Å². The monoisotopic (exact) mass is 478 g/mol. The van der Waals surface area contributed by atoms with Gasteiger partial charge in [0.15, 0.2) is 17.2 Å². The van der Waals surface area contributed by atoms with Gasteiger partial charge in [-0.2, -0.15) is 0 Å². The van der Waals surface area contributed by atoms with Gasteiger partial charge in [-0.05, 0) is 67.6 Å². The normalized spacial score (nSPS) is 45.1. The fraction of sp³-hybridized carbons (Fsp3) is 0.741. The van der Waals surface area contributed by atoms with Crippen LogP contribution in [-0.4, -0.2) is 47.2 Å². The van der Waals surface area contributed by atoms with Gasteiger partial charge in [0, 0.05) is 23.7 Å². The van der Waals surface area contributed by atoms with Crippen LogP contribution in [0.5, 0.6) is 0 Å². The van der Waals surface area contributed by atoms with E-state index >= 15 is 8.78 Å². The van der Waals surface area contributed by atoms with Crippen molar-refractivity contribution in [3.63, 3.8) is 0 Å². The average molecular weight is 479 g/mol. The molecule has 0 amide bonds. The lowest BCUT2D eigenvalue weighted by Crippen LogP contribution is -2.68. The van der Waals surface area contributed by atoms with Crippen LogP contribution in [0.4, 0.5) is 8.78 Å². The maximum absolute atomic E-state index is 17.1. The number of aliphatic hydroxyl groups is 1. The van der Waals surface area contributed by atoms with Crippen molar-refractivity contribution in [3.8, 4) is 0 Å². The molecule has 0 saturated heterocycles. The predicted octanol–water partition coefficient (Wildman–Crippen LogP) is 4.47. The number of halogens is 2. The molecule has 4 aliphatic carbocycles. The van der Waals surface area contributed by atoms with Gasteiger partial charge in [0.25, 0.3) is 0 Å². The lowest BCUT2D eigenvalue weighted by molar-refractivity contribution is -0.202. The Morgan fingerprint density at radius 3 is 2.62 bits per heavy atom. The number of rotatable bonds is 6. The van der Waals surface area contributed by atoms with Crippen LogP contribution < -0.4 is 0 Å². The molecule has 0 aliphatic heterocycles. The molecule has 0 bridgehead atoms. The summed E-state index contributed by atoms with van der Waals surface area (Å²) in [4.78, 5) is 37.1. The van der Waals surface area contributed by atoms with Gasteiger partial charge in [-0.3, -0.25) is 14.4 Å². The number of ether oxygens (including phenoxy) is 1. The zero-order valence-electron chi connectivity index (χ0n) is 20.5. The highest BCUT2D eigenvalue weighted by Gasteiger charge is 2.73. The number of allylic oxidation sites excluding steroid dienone is 4. The average Bonchev–Trinajstić information content (AvgIpc) is 3.03. The zero-order valence-corrected chi connectivity index (χ0v) is 20.5. The summed E-state index contributed by atoms with van der Waals surface area (Å²) >= 11 is 0. The molecule has 0 heterocycles. The van der Waals surface area contributed by atoms with Gasteiger partial charge in [0.05, 0.1) is 6.10 Å². The molecule has 1 N–H and O–H groups in total. The number of hydrogen-bond donors (Lipinski definition) is 1. The van der Waals surface area contributed by atoms with Gasteiger partial charge in [-0.25, -0.2) is 8.78 Å². The van der Waals surface area contributed by atoms with Crippen molar-refractivity contribution in [1.29, 1.82) is 0 Å². The van der Waals surface area contributed by atoms with Crippen molar-refractivity contribution < 1.29 is 33.0 Å². The second kappa shape index (κ2) is 8.65. The van der Waals surface area contributed by atoms with Crippen molar-refractivity contribution in [2.45, 2.75) is 84.2 Å². The molecule has 0 aromatic rings. The number of Topliss-reactive ketones (excluding diaryl/α,β-unsaturated/α-hetero) is 1. The van der Waals surface area contributed by atoms with E-state index in [0.717, 1.165) is 6.42 Å². The van der Waals surface area contributed by atoms with E-state index in [2.05, 4.69) is 0 Å². The van der Waals surface area contributed by atoms with Crippen LogP contribution >= 0.6 is 0 Å². The molecule has 4 rings (SSSR count). The van der Waals surface area contributed by atoms with Crippen molar-refractivity contribution in [1.82, 2.24) is 0 Å². The largest absolute Gasteiger partial charge is 0.458 e. The SMILES string of the molecule is CCCCC(=O)OCC(=O)[C@H]1C(C)C[C@H]2[C@@H]3CC(F)C4=CC(=O)C=C[C@]4(C)[C@@]3(F)C(O)C[C@]12C. The lowest BCUT2D eigenvalue weighted by atomic mass is 9.45. The molecule has 4 aliphatic rings. The molecule has 0 spiro atoms. The summed E-state index contributed by atoms with van der Waals surface area (Å²) in [5.74, 6) is -2.75. The van der Waals surface area contributed by atoms with Crippen LogP contribution in [0, 0.1) is 34.5 Å². The lowest BCUT2D eigenvalue weighted by Gasteiger charge is -2.62. The molecular weight excluding hydrogens is 442 g/mol. The number of aliphatic hydroxyl groups excluding tert-OH is 1. The summed E-state index contributed by atoms with van der Waals surface area (Å²) in [5, 5.41) is 11.3. The first-order chi connectivity index (χ1) is 15.9. The van der Waals surface area contributed by atoms with Crippen LogP contribution in [0.1, 0.15) is 66.2 Å². The van der Waals surface area contributed by atoms with Gasteiger partial charge in [0.2, 0.25) is 0 Å². The fourth-order valence-corrected chi connectivity index (χ4v) is 7.89. The Hall–Kier alpha value is -1.89. The van der Waals surface area contributed by atoms with Crippen molar-refractivity contribution in [3.05, 3.63) is 23.8 Å². The first-order valence-electron chi connectivity index (χ1n) is 12.5. The first-order valence-corrected chi connectivity index (χ1v) is 12.5. The first kappa shape index (κ1) is 25.2. The number of hydrogen-bond acceptors (Lipinski definition) is 5. The van der Waals surface area contributed by atoms with Crippen molar-refractivity contribution >= 4 is 17.5 Å². The van der Waals surface area contributed by atoms with Gasteiger partial charge in [-0.15, -0.1) is 0 Å². The van der Waals surface area contributed by atoms with E-state index in [-0.39, 0.29) is 54.8 Å². The van der Waals surface area contributed by atoms with E-state index in [1.54, 1.807) is 6.92 Å². The van der Waals surface area contributed by atoms with E-state index in [0.29, 0.717) is 12.8 Å². The Morgan fingerprint density at radius 2 is 1.94 bits per heavy atom. The smallest absolute Gasteiger partial charge is 0.306 e. The standard InChI is InChI=1S/C27H36F2O5/c1-5-6-7-23(33)34-14-21(31)24-15(2)10-17-18-12-20(28)19-11-16(30)8-9-26(19,4)27(18,29)22(32)13-25(17,24)3/h8-9,11,15,17-18,20,22,24,32H,5-7,10,12-14H2,1-4H3/t15?,17-,18-,20?,22?,24+,25-,26-,27-/m0/s1. The molecule has 5 nitrogen and oxygen atoms in total. The van der Waals surface area contributed by atoms with Crippen LogP contribution in [-0.2, 0) is 19.1 Å². The highest BCUT2D eigenvalue weighted by Crippen LogP contribution is 2.70. The second-order valence-electron chi connectivity index (χ2n) is 11.4. The molecule has 188 valence electrons. The molecule has 0 radical (unpaired) electrons. The number of carbonyl (C=O) groups excluding carboxylic acids is 3. The number of alkyl halides is 2. The van der Waals surface area contributed by atoms with Crippen LogP contribution in [0.25, 0.3) is 0 Å². The van der Waals surface area contributed by atoms with E-state index in [4.69, 9.17) is 4.74 Å². The molecule has 9 atom stereocenters. The van der Waals surface area contributed by atoms with Crippen molar-refractivity contribution in [2.24, 2.45) is 34.5 Å². The number of carbonyl (C=O) groups is 3. The molecule has 34 heavy (non-hydrogen) atoms. The minimum atomic E-state index is -2.15. The summed E-state index contributed by atoms with van der Waals surface area (Å²) in [7, 11) is 0. The van der Waals surface area contributed by atoms with Gasteiger partial charge >= 0.3 is 5.97 Å². The zero-order chi connectivity index (χ0) is 25.1. The summed E-state index contributed by atoms with van der Waals surface area (Å²) < 4.78 is 37.7. The number of unbranched alkanes of at least 4 members (excludes halogenated alkanes) is 1. The summed E-state index contributed by atoms with van der Waals surface area (Å²) in [6, 6.07) is 0. The Bertz CT molecular complexity index is 943. The Balaban J connectivity index is 1.63. The Labute approximate surface area is 200 Å². The van der Waals surface area contributed by atoms with Crippen molar-refractivity contribution in [2.75, 3.05) is 6.61 Å². The third kappa shape index (κ3) is 3.52. The van der Waals surface area contributed by atoms with E-state index in [9.17, 15) is 19.5 Å².